The first-order chi connectivity index (χ1) is 29.3. The Morgan fingerprint density at radius 2 is 1.72 bits per heavy atom. The van der Waals surface area contributed by atoms with Crippen LogP contribution in [0.15, 0.2) is 83.8 Å². The van der Waals surface area contributed by atoms with Crippen LogP contribution in [-0.2, 0) is 31.0 Å². The minimum absolute atomic E-state index is 0.0403. The Hall–Kier alpha value is -6.58. The number of anilines is 2. The SMILES string of the molecule is C=CC(=O)N1CCN(c2ccc(CCC(=O)N3CCC(CCNC(=O)c4cccc(-c5nc(NC(=O)C6(c7ccc8c(c7)OC(F)(F)O8)CC6)ccc5C)c4)CC3)o2)C(=O)C1. The van der Waals surface area contributed by atoms with E-state index in [0.717, 1.165) is 24.8 Å². The summed E-state index contributed by atoms with van der Waals surface area (Å²) in [5, 5.41) is 5.94. The first-order valence-corrected chi connectivity index (χ1v) is 20.5. The summed E-state index contributed by atoms with van der Waals surface area (Å²) in [5.74, 6) is 0.499. The van der Waals surface area contributed by atoms with Crippen LogP contribution in [0.1, 0.15) is 65.8 Å². The van der Waals surface area contributed by atoms with E-state index < -0.39 is 11.7 Å². The van der Waals surface area contributed by atoms with Crippen molar-refractivity contribution in [2.45, 2.75) is 63.6 Å². The first kappa shape index (κ1) is 41.2. The second-order valence-electron chi connectivity index (χ2n) is 15.9. The largest absolute Gasteiger partial charge is 0.586 e. The normalized spacial score (nSPS) is 17.8. The summed E-state index contributed by atoms with van der Waals surface area (Å²) in [4.78, 5) is 73.9. The number of benzene rings is 2. The van der Waals surface area contributed by atoms with E-state index in [1.54, 1.807) is 42.5 Å². The van der Waals surface area contributed by atoms with Gasteiger partial charge in [0.2, 0.25) is 29.5 Å². The molecule has 3 aliphatic heterocycles. The fourth-order valence-corrected chi connectivity index (χ4v) is 8.17. The van der Waals surface area contributed by atoms with Gasteiger partial charge in [-0.05, 0) is 98.5 Å². The standard InChI is InChI=1S/C45H46F2N6O8/c1-3-37(54)52-23-24-53(39(56)27-52)40-14-10-33(59-40)9-13-38(55)51-21-16-29(17-22-51)15-20-48-42(57)31-6-4-5-30(25-31)41-28(2)7-12-36(49-41)50-43(58)44(18-19-44)32-8-11-34-35(26-32)61-45(46,47)60-34/h3-8,10-12,14,25-26,29H,1,9,13,15-24,27H2,2H3,(H,48,57)(H,49,50,58). The van der Waals surface area contributed by atoms with Crippen LogP contribution in [-0.4, -0.2) is 89.9 Å². The highest BCUT2D eigenvalue weighted by Gasteiger charge is 2.53. The lowest BCUT2D eigenvalue weighted by molar-refractivity contribution is -0.286. The molecule has 2 aromatic heterocycles. The monoisotopic (exact) mass is 836 g/mol. The second-order valence-corrected chi connectivity index (χ2v) is 15.9. The number of ether oxygens (including phenoxy) is 2. The van der Waals surface area contributed by atoms with E-state index in [-0.39, 0.29) is 54.0 Å². The van der Waals surface area contributed by atoms with E-state index in [9.17, 15) is 32.8 Å². The number of amides is 5. The fraction of sp³-hybridized carbons (Fsp3) is 0.378. The molecule has 5 amide bonds. The van der Waals surface area contributed by atoms with Crippen molar-refractivity contribution in [2.24, 2.45) is 5.92 Å². The van der Waals surface area contributed by atoms with Crippen LogP contribution in [0.2, 0.25) is 0 Å². The van der Waals surface area contributed by atoms with Crippen LogP contribution >= 0.6 is 0 Å². The lowest BCUT2D eigenvalue weighted by Crippen LogP contribution is -2.52. The fourth-order valence-electron chi connectivity index (χ4n) is 8.17. The third kappa shape index (κ3) is 8.98. The number of hydrogen-bond acceptors (Lipinski definition) is 9. The van der Waals surface area contributed by atoms with E-state index >= 15 is 0 Å². The minimum Gasteiger partial charge on any atom is -0.445 e. The van der Waals surface area contributed by atoms with Crippen molar-refractivity contribution >= 4 is 41.2 Å². The number of furan rings is 1. The molecule has 0 spiro atoms. The number of alkyl halides is 2. The summed E-state index contributed by atoms with van der Waals surface area (Å²) in [5.41, 5.74) is 2.27. The van der Waals surface area contributed by atoms with Crippen LogP contribution in [0.5, 0.6) is 11.5 Å². The topological polar surface area (TPSA) is 164 Å². The quantitative estimate of drug-likeness (QED) is 0.154. The van der Waals surface area contributed by atoms with Crippen molar-refractivity contribution < 1.29 is 46.6 Å². The summed E-state index contributed by atoms with van der Waals surface area (Å²) in [7, 11) is 0. The van der Waals surface area contributed by atoms with Gasteiger partial charge in [0.15, 0.2) is 11.5 Å². The number of nitrogens with one attached hydrogen (secondary N) is 2. The third-order valence-corrected chi connectivity index (χ3v) is 11.9. The molecule has 16 heteroatoms. The predicted molar refractivity (Wildman–Crippen MR) is 219 cm³/mol. The highest BCUT2D eigenvalue weighted by Crippen LogP contribution is 2.52. The number of carbonyl (C=O) groups excluding carboxylic acids is 5. The zero-order valence-corrected chi connectivity index (χ0v) is 33.7. The predicted octanol–water partition coefficient (Wildman–Crippen LogP) is 5.99. The van der Waals surface area contributed by atoms with Crippen molar-refractivity contribution in [3.63, 3.8) is 0 Å². The average Bonchev–Trinajstić information content (AvgIpc) is 3.83. The number of aromatic nitrogens is 1. The smallest absolute Gasteiger partial charge is 0.445 e. The maximum absolute atomic E-state index is 13.6. The Morgan fingerprint density at radius 3 is 2.48 bits per heavy atom. The Bertz CT molecular complexity index is 2390. The summed E-state index contributed by atoms with van der Waals surface area (Å²) < 4.78 is 42.2. The third-order valence-electron chi connectivity index (χ3n) is 11.9. The molecule has 14 nitrogen and oxygen atoms in total. The number of carbonyl (C=O) groups is 5. The van der Waals surface area contributed by atoms with E-state index in [0.29, 0.717) is 97.8 Å². The van der Waals surface area contributed by atoms with Crippen LogP contribution in [0.4, 0.5) is 20.5 Å². The number of likely N-dealkylation sites (tertiary alicyclic amines) is 1. The Morgan fingerprint density at radius 1 is 0.934 bits per heavy atom. The van der Waals surface area contributed by atoms with E-state index in [2.05, 4.69) is 26.7 Å². The first-order valence-electron chi connectivity index (χ1n) is 20.5. The van der Waals surface area contributed by atoms with Crippen molar-refractivity contribution in [1.29, 1.82) is 0 Å². The molecule has 0 unspecified atom stereocenters. The second kappa shape index (κ2) is 16.8. The van der Waals surface area contributed by atoms with Gasteiger partial charge >= 0.3 is 6.29 Å². The maximum atomic E-state index is 13.6. The molecule has 5 heterocycles. The van der Waals surface area contributed by atoms with Gasteiger partial charge in [0.05, 0.1) is 11.1 Å². The molecule has 2 N–H and O–H groups in total. The van der Waals surface area contributed by atoms with Gasteiger partial charge in [0.25, 0.3) is 5.91 Å². The molecule has 0 bridgehead atoms. The summed E-state index contributed by atoms with van der Waals surface area (Å²) in [6.07, 6.45) is 1.65. The lowest BCUT2D eigenvalue weighted by atomic mass is 9.93. The number of piperidine rings is 1. The van der Waals surface area contributed by atoms with Gasteiger partial charge in [0, 0.05) is 62.8 Å². The molecule has 3 fully saturated rings. The van der Waals surface area contributed by atoms with Gasteiger partial charge in [-0.3, -0.25) is 28.9 Å². The van der Waals surface area contributed by atoms with Crippen molar-refractivity contribution in [3.8, 4) is 22.8 Å². The molecule has 318 valence electrons. The highest BCUT2D eigenvalue weighted by atomic mass is 19.3. The molecule has 0 atom stereocenters. The van der Waals surface area contributed by atoms with Gasteiger partial charge in [0.1, 0.15) is 18.1 Å². The molecule has 2 aromatic carbocycles. The van der Waals surface area contributed by atoms with E-state index in [1.165, 1.54) is 28.0 Å². The summed E-state index contributed by atoms with van der Waals surface area (Å²) in [6.45, 7) is 7.78. The lowest BCUT2D eigenvalue weighted by Gasteiger charge is -2.32. The maximum Gasteiger partial charge on any atom is 0.586 e. The Labute approximate surface area is 350 Å². The van der Waals surface area contributed by atoms with Gasteiger partial charge in [-0.15, -0.1) is 8.78 Å². The number of fused-ring (bicyclic) bond motifs is 1. The van der Waals surface area contributed by atoms with Gasteiger partial charge in [-0.1, -0.05) is 30.8 Å². The molecule has 1 aliphatic carbocycles. The number of halogens is 2. The summed E-state index contributed by atoms with van der Waals surface area (Å²) in [6, 6.07) is 18.6. The summed E-state index contributed by atoms with van der Waals surface area (Å²) >= 11 is 0. The van der Waals surface area contributed by atoms with Gasteiger partial charge in [-0.25, -0.2) is 4.98 Å². The van der Waals surface area contributed by atoms with Crippen LogP contribution in [0.25, 0.3) is 11.3 Å². The number of piperazine rings is 1. The highest BCUT2D eigenvalue weighted by molar-refractivity contribution is 6.01. The van der Waals surface area contributed by atoms with Crippen LogP contribution in [0.3, 0.4) is 0 Å². The molecular weight excluding hydrogens is 791 g/mol. The van der Waals surface area contributed by atoms with Crippen molar-refractivity contribution in [1.82, 2.24) is 20.1 Å². The zero-order valence-electron chi connectivity index (χ0n) is 33.7. The Balaban J connectivity index is 0.782. The number of nitrogens with zero attached hydrogens (tertiary/aromatic N) is 4. The molecule has 4 aliphatic rings. The number of hydrogen-bond donors (Lipinski definition) is 2. The number of rotatable bonds is 13. The van der Waals surface area contributed by atoms with Crippen LogP contribution < -0.4 is 25.0 Å². The molecular formula is C45H46F2N6O8. The van der Waals surface area contributed by atoms with Crippen molar-refractivity contribution in [3.05, 3.63) is 102 Å². The molecule has 4 aromatic rings. The molecule has 8 rings (SSSR count). The van der Waals surface area contributed by atoms with Crippen molar-refractivity contribution in [2.75, 3.05) is 49.5 Å². The Kier molecular flexibility index (Phi) is 11.4. The zero-order chi connectivity index (χ0) is 42.9. The van der Waals surface area contributed by atoms with E-state index in [4.69, 9.17) is 9.40 Å². The van der Waals surface area contributed by atoms with E-state index in [1.807, 2.05) is 24.0 Å². The molecule has 2 saturated heterocycles. The number of pyridine rings is 1. The molecule has 1 saturated carbocycles. The molecule has 0 radical (unpaired) electrons. The number of aryl methyl sites for hydroxylation is 2. The minimum atomic E-state index is -3.75. The van der Waals surface area contributed by atoms with Gasteiger partial charge in [-0.2, -0.15) is 0 Å². The van der Waals surface area contributed by atoms with Crippen LogP contribution in [0, 0.1) is 12.8 Å². The van der Waals surface area contributed by atoms with Gasteiger partial charge < -0.3 is 34.3 Å². The average molecular weight is 837 g/mol. The molecule has 61 heavy (non-hydrogen) atoms.